The molecule has 0 aliphatic rings. The highest BCUT2D eigenvalue weighted by atomic mass is 14.9. The molecule has 1 aromatic rings. The van der Waals surface area contributed by atoms with Crippen LogP contribution in [0, 0.1) is 0 Å². The van der Waals surface area contributed by atoms with Crippen molar-refractivity contribution in [2.45, 2.75) is 58.8 Å². The van der Waals surface area contributed by atoms with Crippen molar-refractivity contribution in [3.8, 4) is 0 Å². The van der Waals surface area contributed by atoms with Crippen molar-refractivity contribution in [2.75, 3.05) is 0 Å². The highest BCUT2D eigenvalue weighted by Gasteiger charge is 2.22. The Labute approximate surface area is 93.2 Å². The summed E-state index contributed by atoms with van der Waals surface area (Å²) in [5.41, 5.74) is 1.32. The third-order valence-corrected chi connectivity index (χ3v) is 2.82. The second-order valence-corrected chi connectivity index (χ2v) is 5.13. The average molecular weight is 206 g/mol. The number of nitrogens with zero attached hydrogens (tertiary/aromatic N) is 2. The fraction of sp³-hybridized carbons (Fsp3) is 0.692. The second kappa shape index (κ2) is 4.73. The molecule has 0 aliphatic carbocycles. The van der Waals surface area contributed by atoms with Crippen LogP contribution in [-0.4, -0.2) is 9.97 Å². The van der Waals surface area contributed by atoms with Gasteiger partial charge in [-0.05, 0) is 17.9 Å². The van der Waals surface area contributed by atoms with Crippen LogP contribution in [-0.2, 0) is 5.41 Å². The minimum Gasteiger partial charge on any atom is -0.241 e. The lowest BCUT2D eigenvalue weighted by atomic mass is 9.87. The molecule has 0 N–H and O–H groups in total. The van der Waals surface area contributed by atoms with E-state index in [1.165, 1.54) is 12.0 Å². The molecule has 0 aromatic carbocycles. The Balaban J connectivity index is 2.88. The van der Waals surface area contributed by atoms with Crippen LogP contribution in [0.15, 0.2) is 12.4 Å². The Hall–Kier alpha value is -0.920. The Morgan fingerprint density at radius 1 is 1.20 bits per heavy atom. The van der Waals surface area contributed by atoms with E-state index < -0.39 is 0 Å². The van der Waals surface area contributed by atoms with Crippen LogP contribution >= 0.6 is 0 Å². The minimum absolute atomic E-state index is 0.101. The predicted molar refractivity (Wildman–Crippen MR) is 64.1 cm³/mol. The molecule has 15 heavy (non-hydrogen) atoms. The maximum atomic E-state index is 4.48. The lowest BCUT2D eigenvalue weighted by Gasteiger charge is -2.22. The van der Waals surface area contributed by atoms with Crippen LogP contribution in [0.4, 0.5) is 0 Å². The van der Waals surface area contributed by atoms with Gasteiger partial charge in [0.05, 0.1) is 0 Å². The normalized spacial score (nSPS) is 12.1. The zero-order valence-electron chi connectivity index (χ0n) is 10.5. The molecule has 0 saturated heterocycles. The first-order valence-electron chi connectivity index (χ1n) is 5.79. The molecule has 84 valence electrons. The molecule has 0 fully saturated rings. The van der Waals surface area contributed by atoms with Gasteiger partial charge in [-0.1, -0.05) is 41.0 Å². The zero-order chi connectivity index (χ0) is 11.5. The summed E-state index contributed by atoms with van der Waals surface area (Å²) in [6, 6.07) is 0. The van der Waals surface area contributed by atoms with Gasteiger partial charge in [-0.15, -0.1) is 0 Å². The minimum atomic E-state index is 0.101. The van der Waals surface area contributed by atoms with Crippen LogP contribution in [0.1, 0.15) is 64.8 Å². The Kier molecular flexibility index (Phi) is 3.83. The summed E-state index contributed by atoms with van der Waals surface area (Å²) >= 11 is 0. The van der Waals surface area contributed by atoms with Crippen molar-refractivity contribution < 1.29 is 0 Å². The summed E-state index contributed by atoms with van der Waals surface area (Å²) in [5, 5.41) is 0. The molecule has 0 radical (unpaired) electrons. The van der Waals surface area contributed by atoms with Crippen molar-refractivity contribution in [1.82, 2.24) is 9.97 Å². The van der Waals surface area contributed by atoms with Gasteiger partial charge in [0.1, 0.15) is 5.82 Å². The Morgan fingerprint density at radius 3 is 2.13 bits per heavy atom. The topological polar surface area (TPSA) is 25.8 Å². The van der Waals surface area contributed by atoms with Gasteiger partial charge in [0.25, 0.3) is 0 Å². The van der Waals surface area contributed by atoms with E-state index in [1.807, 2.05) is 12.4 Å². The molecule has 2 nitrogen and oxygen atoms in total. The van der Waals surface area contributed by atoms with E-state index in [-0.39, 0.29) is 5.41 Å². The highest BCUT2D eigenvalue weighted by Crippen LogP contribution is 2.25. The molecule has 0 aliphatic heterocycles. The third kappa shape index (κ3) is 3.01. The summed E-state index contributed by atoms with van der Waals surface area (Å²) in [6.45, 7) is 10.9. The summed E-state index contributed by atoms with van der Waals surface area (Å²) in [5.74, 6) is 1.47. The highest BCUT2D eigenvalue weighted by molar-refractivity contribution is 5.13. The van der Waals surface area contributed by atoms with E-state index in [9.17, 15) is 0 Å². The molecule has 0 unspecified atom stereocenters. The van der Waals surface area contributed by atoms with Crippen molar-refractivity contribution in [3.05, 3.63) is 23.8 Å². The Morgan fingerprint density at radius 2 is 1.73 bits per heavy atom. The number of hydrogen-bond acceptors (Lipinski definition) is 2. The summed E-state index contributed by atoms with van der Waals surface area (Å²) in [4.78, 5) is 8.96. The maximum Gasteiger partial charge on any atom is 0.133 e. The standard InChI is InChI=1S/C13H22N2/c1-6-7-13(4,5)12-14-8-11(9-15-12)10(2)3/h8-10H,6-7H2,1-5H3. The van der Waals surface area contributed by atoms with Gasteiger partial charge in [0, 0.05) is 17.8 Å². The molecule has 0 bridgehead atoms. The van der Waals surface area contributed by atoms with Crippen molar-refractivity contribution in [1.29, 1.82) is 0 Å². The van der Waals surface area contributed by atoms with Gasteiger partial charge >= 0.3 is 0 Å². The first-order valence-corrected chi connectivity index (χ1v) is 5.79. The predicted octanol–water partition coefficient (Wildman–Crippen LogP) is 3.68. The fourth-order valence-electron chi connectivity index (χ4n) is 1.72. The first-order chi connectivity index (χ1) is 6.97. The Bertz CT molecular complexity index is 299. The zero-order valence-corrected chi connectivity index (χ0v) is 10.5. The number of aromatic nitrogens is 2. The fourth-order valence-corrected chi connectivity index (χ4v) is 1.72. The van der Waals surface area contributed by atoms with Gasteiger partial charge in [-0.2, -0.15) is 0 Å². The number of hydrogen-bond donors (Lipinski definition) is 0. The van der Waals surface area contributed by atoms with Gasteiger partial charge in [0.15, 0.2) is 0 Å². The van der Waals surface area contributed by atoms with Crippen LogP contribution < -0.4 is 0 Å². The molecule has 1 heterocycles. The molecular weight excluding hydrogens is 184 g/mol. The van der Waals surface area contributed by atoms with Crippen LogP contribution in [0.3, 0.4) is 0 Å². The summed E-state index contributed by atoms with van der Waals surface area (Å²) in [7, 11) is 0. The van der Waals surface area contributed by atoms with Crippen LogP contribution in [0.25, 0.3) is 0 Å². The third-order valence-electron chi connectivity index (χ3n) is 2.82. The largest absolute Gasteiger partial charge is 0.241 e. The van der Waals surface area contributed by atoms with Crippen molar-refractivity contribution >= 4 is 0 Å². The SMILES string of the molecule is CCCC(C)(C)c1ncc(C(C)C)cn1. The van der Waals surface area contributed by atoms with Gasteiger partial charge in [-0.3, -0.25) is 0 Å². The molecule has 1 rings (SSSR count). The maximum absolute atomic E-state index is 4.48. The summed E-state index contributed by atoms with van der Waals surface area (Å²) < 4.78 is 0. The van der Waals surface area contributed by atoms with Crippen molar-refractivity contribution in [3.63, 3.8) is 0 Å². The molecule has 0 saturated carbocycles. The van der Waals surface area contributed by atoms with Crippen molar-refractivity contribution in [2.24, 2.45) is 0 Å². The van der Waals surface area contributed by atoms with E-state index >= 15 is 0 Å². The van der Waals surface area contributed by atoms with Crippen LogP contribution in [0.5, 0.6) is 0 Å². The monoisotopic (exact) mass is 206 g/mol. The van der Waals surface area contributed by atoms with Gasteiger partial charge in [0.2, 0.25) is 0 Å². The van der Waals surface area contributed by atoms with Gasteiger partial charge in [-0.25, -0.2) is 9.97 Å². The van der Waals surface area contributed by atoms with E-state index in [4.69, 9.17) is 0 Å². The van der Waals surface area contributed by atoms with E-state index in [0.29, 0.717) is 5.92 Å². The molecule has 1 aromatic heterocycles. The smallest absolute Gasteiger partial charge is 0.133 e. The molecule has 0 spiro atoms. The average Bonchev–Trinajstić information content (AvgIpc) is 2.18. The second-order valence-electron chi connectivity index (χ2n) is 5.13. The van der Waals surface area contributed by atoms with E-state index in [0.717, 1.165) is 12.2 Å². The van der Waals surface area contributed by atoms with Crippen LogP contribution in [0.2, 0.25) is 0 Å². The van der Waals surface area contributed by atoms with E-state index in [2.05, 4.69) is 44.6 Å². The van der Waals surface area contributed by atoms with Gasteiger partial charge < -0.3 is 0 Å². The molecular formula is C13H22N2. The lowest BCUT2D eigenvalue weighted by molar-refractivity contribution is 0.443. The van der Waals surface area contributed by atoms with E-state index in [1.54, 1.807) is 0 Å². The molecule has 2 heteroatoms. The molecule has 0 amide bonds. The number of rotatable bonds is 4. The molecule has 0 atom stereocenters. The quantitative estimate of drug-likeness (QED) is 0.751. The summed E-state index contributed by atoms with van der Waals surface area (Å²) in [6.07, 6.45) is 6.23. The first kappa shape index (κ1) is 12.2. The lowest BCUT2D eigenvalue weighted by Crippen LogP contribution is -2.20.